The number of nitrogens with one attached hydrogen (secondary N) is 2. The zero-order chi connectivity index (χ0) is 14.5. The number of carbonyl (C=O) groups is 1. The van der Waals surface area contributed by atoms with Crippen LogP contribution >= 0.6 is 15.9 Å². The summed E-state index contributed by atoms with van der Waals surface area (Å²) < 4.78 is 1.15. The third kappa shape index (κ3) is 4.60. The molecule has 1 fully saturated rings. The third-order valence-electron chi connectivity index (χ3n) is 3.69. The second-order valence-corrected chi connectivity index (χ2v) is 6.76. The van der Waals surface area contributed by atoms with Crippen LogP contribution in [0.5, 0.6) is 0 Å². The first-order chi connectivity index (χ1) is 9.54. The molecule has 0 unspecified atom stereocenters. The summed E-state index contributed by atoms with van der Waals surface area (Å²) in [7, 11) is 0. The van der Waals surface area contributed by atoms with E-state index in [4.69, 9.17) is 0 Å². The Kier molecular flexibility index (Phi) is 5.61. The first-order valence-corrected chi connectivity index (χ1v) is 8.12. The molecule has 2 rings (SSSR count). The van der Waals surface area contributed by atoms with Crippen LogP contribution in [0, 0.1) is 0 Å². The monoisotopic (exact) mass is 338 g/mol. The molecule has 0 aromatic heterocycles. The van der Waals surface area contributed by atoms with E-state index in [1.165, 1.54) is 18.4 Å². The number of carbonyl (C=O) groups excluding carboxylic acids is 1. The molecule has 1 aromatic carbocycles. The lowest BCUT2D eigenvalue weighted by atomic mass is 9.76. The van der Waals surface area contributed by atoms with Crippen molar-refractivity contribution in [3.8, 4) is 0 Å². The maximum atomic E-state index is 11.5. The predicted molar refractivity (Wildman–Crippen MR) is 85.8 cm³/mol. The number of rotatable bonds is 6. The van der Waals surface area contributed by atoms with Gasteiger partial charge in [0.15, 0.2) is 0 Å². The van der Waals surface area contributed by atoms with Gasteiger partial charge in [-0.1, -0.05) is 28.1 Å². The van der Waals surface area contributed by atoms with Gasteiger partial charge < -0.3 is 10.6 Å². The highest BCUT2D eigenvalue weighted by Gasteiger charge is 2.29. The summed E-state index contributed by atoms with van der Waals surface area (Å²) in [6.07, 6.45) is 2.90. The molecule has 20 heavy (non-hydrogen) atoms. The van der Waals surface area contributed by atoms with Crippen molar-refractivity contribution in [1.82, 2.24) is 10.6 Å². The van der Waals surface area contributed by atoms with Gasteiger partial charge in [-0.15, -0.1) is 0 Å². The molecular weight excluding hydrogens is 316 g/mol. The Morgan fingerprint density at radius 3 is 2.80 bits per heavy atom. The van der Waals surface area contributed by atoms with Gasteiger partial charge >= 0.3 is 0 Å². The zero-order valence-corrected chi connectivity index (χ0v) is 13.7. The van der Waals surface area contributed by atoms with Crippen molar-refractivity contribution in [2.24, 2.45) is 0 Å². The van der Waals surface area contributed by atoms with Gasteiger partial charge in [0.25, 0.3) is 0 Å². The molecule has 0 atom stereocenters. The Hall–Kier alpha value is -0.870. The number of hydrogen-bond acceptors (Lipinski definition) is 2. The first kappa shape index (κ1) is 15.5. The third-order valence-corrected chi connectivity index (χ3v) is 4.19. The van der Waals surface area contributed by atoms with Gasteiger partial charge in [-0.3, -0.25) is 4.79 Å². The second kappa shape index (κ2) is 7.23. The largest absolute Gasteiger partial charge is 0.354 e. The molecule has 1 aromatic rings. The Labute approximate surface area is 129 Å². The fraction of sp³-hybridized carbons (Fsp3) is 0.562. The van der Waals surface area contributed by atoms with E-state index in [-0.39, 0.29) is 11.9 Å². The highest BCUT2D eigenvalue weighted by molar-refractivity contribution is 9.10. The minimum Gasteiger partial charge on any atom is -0.354 e. The van der Waals surface area contributed by atoms with Gasteiger partial charge in [-0.25, -0.2) is 0 Å². The van der Waals surface area contributed by atoms with Crippen LogP contribution in [0.1, 0.15) is 44.6 Å². The Morgan fingerprint density at radius 1 is 1.40 bits per heavy atom. The van der Waals surface area contributed by atoms with Crippen LogP contribution in [0.15, 0.2) is 28.7 Å². The summed E-state index contributed by atoms with van der Waals surface area (Å²) in [4.78, 5) is 11.5. The van der Waals surface area contributed by atoms with E-state index in [1.54, 1.807) is 0 Å². The SMILES string of the molecule is CC(C)NC(=O)CCNC1CC(c2cccc(Br)c2)C1. The number of halogens is 1. The van der Waals surface area contributed by atoms with E-state index in [2.05, 4.69) is 50.8 Å². The van der Waals surface area contributed by atoms with Crippen molar-refractivity contribution in [2.45, 2.75) is 51.1 Å². The maximum Gasteiger partial charge on any atom is 0.221 e. The van der Waals surface area contributed by atoms with Gasteiger partial charge in [-0.05, 0) is 50.3 Å². The standard InChI is InChI=1S/C16H23BrN2O/c1-11(2)19-16(20)6-7-18-15-9-13(10-15)12-4-3-5-14(17)8-12/h3-5,8,11,13,15,18H,6-7,9-10H2,1-2H3,(H,19,20). The Bertz CT molecular complexity index is 456. The van der Waals surface area contributed by atoms with Crippen LogP contribution in [0.4, 0.5) is 0 Å². The molecule has 0 heterocycles. The minimum atomic E-state index is 0.135. The average molecular weight is 339 g/mol. The van der Waals surface area contributed by atoms with Gasteiger partial charge in [0.2, 0.25) is 5.91 Å². The molecule has 110 valence electrons. The smallest absolute Gasteiger partial charge is 0.221 e. The molecule has 3 nitrogen and oxygen atoms in total. The first-order valence-electron chi connectivity index (χ1n) is 7.33. The van der Waals surface area contributed by atoms with E-state index >= 15 is 0 Å². The molecule has 0 spiro atoms. The average Bonchev–Trinajstić information content (AvgIpc) is 2.31. The maximum absolute atomic E-state index is 11.5. The van der Waals surface area contributed by atoms with Gasteiger partial charge in [0.05, 0.1) is 0 Å². The summed E-state index contributed by atoms with van der Waals surface area (Å²) >= 11 is 3.52. The molecule has 0 bridgehead atoms. The predicted octanol–water partition coefficient (Wildman–Crippen LogP) is 3.20. The fourth-order valence-electron chi connectivity index (χ4n) is 2.60. The van der Waals surface area contributed by atoms with Crippen molar-refractivity contribution < 1.29 is 4.79 Å². The van der Waals surface area contributed by atoms with E-state index in [0.717, 1.165) is 11.0 Å². The lowest BCUT2D eigenvalue weighted by Gasteiger charge is -2.36. The van der Waals surface area contributed by atoms with Crippen molar-refractivity contribution in [3.63, 3.8) is 0 Å². The van der Waals surface area contributed by atoms with E-state index in [0.29, 0.717) is 18.4 Å². The summed E-state index contributed by atoms with van der Waals surface area (Å²) in [5.41, 5.74) is 1.41. The number of benzene rings is 1. The molecule has 0 saturated heterocycles. The molecule has 0 radical (unpaired) electrons. The van der Waals surface area contributed by atoms with Crippen LogP contribution in [0.25, 0.3) is 0 Å². The fourth-order valence-corrected chi connectivity index (χ4v) is 3.02. The minimum absolute atomic E-state index is 0.135. The van der Waals surface area contributed by atoms with Crippen LogP contribution in [-0.4, -0.2) is 24.5 Å². The molecule has 1 amide bonds. The van der Waals surface area contributed by atoms with Crippen molar-refractivity contribution in [1.29, 1.82) is 0 Å². The molecule has 1 saturated carbocycles. The topological polar surface area (TPSA) is 41.1 Å². The summed E-state index contributed by atoms with van der Waals surface area (Å²) in [6.45, 7) is 4.74. The van der Waals surface area contributed by atoms with Crippen LogP contribution in [0.3, 0.4) is 0 Å². The van der Waals surface area contributed by atoms with Crippen LogP contribution in [-0.2, 0) is 4.79 Å². The van der Waals surface area contributed by atoms with Gasteiger partial charge in [0.1, 0.15) is 0 Å². The Morgan fingerprint density at radius 2 is 2.15 bits per heavy atom. The van der Waals surface area contributed by atoms with E-state index in [9.17, 15) is 4.79 Å². The quantitative estimate of drug-likeness (QED) is 0.836. The highest BCUT2D eigenvalue weighted by atomic mass is 79.9. The summed E-state index contributed by atoms with van der Waals surface area (Å²) in [6, 6.07) is 9.35. The van der Waals surface area contributed by atoms with Crippen molar-refractivity contribution in [3.05, 3.63) is 34.3 Å². The number of amides is 1. The lowest BCUT2D eigenvalue weighted by molar-refractivity contribution is -0.121. The van der Waals surface area contributed by atoms with E-state index < -0.39 is 0 Å². The molecule has 1 aliphatic carbocycles. The molecule has 2 N–H and O–H groups in total. The van der Waals surface area contributed by atoms with Crippen molar-refractivity contribution >= 4 is 21.8 Å². The summed E-state index contributed by atoms with van der Waals surface area (Å²) in [5.74, 6) is 0.796. The van der Waals surface area contributed by atoms with Crippen molar-refractivity contribution in [2.75, 3.05) is 6.54 Å². The second-order valence-electron chi connectivity index (χ2n) is 5.85. The molecule has 0 aliphatic heterocycles. The van der Waals surface area contributed by atoms with E-state index in [1.807, 2.05) is 13.8 Å². The van der Waals surface area contributed by atoms with Gasteiger partial charge in [0, 0.05) is 29.5 Å². The Balaban J connectivity index is 1.64. The lowest BCUT2D eigenvalue weighted by Crippen LogP contribution is -2.42. The zero-order valence-electron chi connectivity index (χ0n) is 12.2. The number of hydrogen-bond donors (Lipinski definition) is 2. The molecule has 4 heteroatoms. The molecular formula is C16H23BrN2O. The van der Waals surface area contributed by atoms with Gasteiger partial charge in [-0.2, -0.15) is 0 Å². The summed E-state index contributed by atoms with van der Waals surface area (Å²) in [5, 5.41) is 6.37. The normalized spacial score (nSPS) is 21.6. The van der Waals surface area contributed by atoms with Crippen LogP contribution in [0.2, 0.25) is 0 Å². The molecule has 1 aliphatic rings. The highest BCUT2D eigenvalue weighted by Crippen LogP contribution is 2.37. The van der Waals surface area contributed by atoms with Crippen LogP contribution < -0.4 is 10.6 Å².